The number of ether oxygens (including phenoxy) is 1. The molecule has 0 spiro atoms. The van der Waals surface area contributed by atoms with Crippen LogP contribution in [-0.4, -0.2) is 43.9 Å². The number of hydrogen-bond acceptors (Lipinski definition) is 6. The van der Waals surface area contributed by atoms with E-state index in [0.29, 0.717) is 6.42 Å². The van der Waals surface area contributed by atoms with Gasteiger partial charge in [-0.05, 0) is 41.8 Å². The van der Waals surface area contributed by atoms with Crippen LogP contribution in [0.25, 0.3) is 6.08 Å². The van der Waals surface area contributed by atoms with Crippen LogP contribution in [0.3, 0.4) is 0 Å². The molecule has 1 aromatic heterocycles. The SMILES string of the molecule is C[C@@H](OC(=O)/C=C/c1ccsc1)C(=O)N[C@H]1CCS(=O)(=O)C1. The van der Waals surface area contributed by atoms with Crippen molar-refractivity contribution in [3.8, 4) is 0 Å². The molecule has 0 saturated carbocycles. The predicted octanol–water partition coefficient (Wildman–Crippen LogP) is 0.996. The molecule has 6 nitrogen and oxygen atoms in total. The molecule has 2 heterocycles. The topological polar surface area (TPSA) is 89.5 Å². The van der Waals surface area contributed by atoms with E-state index in [1.54, 1.807) is 6.08 Å². The second kappa shape index (κ2) is 7.06. The maximum Gasteiger partial charge on any atom is 0.331 e. The molecule has 1 N–H and O–H groups in total. The highest BCUT2D eigenvalue weighted by Gasteiger charge is 2.30. The summed E-state index contributed by atoms with van der Waals surface area (Å²) in [5.41, 5.74) is 0.884. The second-order valence-corrected chi connectivity index (χ2v) is 8.09. The van der Waals surface area contributed by atoms with Crippen LogP contribution in [0.4, 0.5) is 0 Å². The molecule has 1 aliphatic heterocycles. The molecule has 120 valence electrons. The molecular weight excluding hydrogens is 326 g/mol. The monoisotopic (exact) mass is 343 g/mol. The molecule has 0 unspecified atom stereocenters. The second-order valence-electron chi connectivity index (χ2n) is 5.08. The summed E-state index contributed by atoms with van der Waals surface area (Å²) >= 11 is 1.51. The van der Waals surface area contributed by atoms with Crippen molar-refractivity contribution in [2.75, 3.05) is 11.5 Å². The molecule has 1 fully saturated rings. The first-order valence-electron chi connectivity index (χ1n) is 6.77. The fraction of sp³-hybridized carbons (Fsp3) is 0.429. The zero-order valence-corrected chi connectivity index (χ0v) is 13.7. The molecule has 1 aromatic rings. The lowest BCUT2D eigenvalue weighted by atomic mass is 10.2. The van der Waals surface area contributed by atoms with E-state index in [-0.39, 0.29) is 11.5 Å². The van der Waals surface area contributed by atoms with Gasteiger partial charge in [-0.1, -0.05) is 0 Å². The Morgan fingerprint density at radius 3 is 2.86 bits per heavy atom. The first-order valence-corrected chi connectivity index (χ1v) is 9.54. The van der Waals surface area contributed by atoms with Crippen LogP contribution in [-0.2, 0) is 24.2 Å². The summed E-state index contributed by atoms with van der Waals surface area (Å²) in [7, 11) is -3.06. The first kappa shape index (κ1) is 16.7. The lowest BCUT2D eigenvalue weighted by Crippen LogP contribution is -2.42. The van der Waals surface area contributed by atoms with Crippen LogP contribution < -0.4 is 5.32 Å². The normalized spacial score (nSPS) is 21.6. The fourth-order valence-electron chi connectivity index (χ4n) is 2.03. The Kier molecular flexibility index (Phi) is 5.36. The molecule has 1 aliphatic rings. The summed E-state index contributed by atoms with van der Waals surface area (Å²) in [5, 5.41) is 6.35. The number of nitrogens with one attached hydrogen (secondary N) is 1. The third-order valence-corrected chi connectivity index (χ3v) is 5.67. The summed E-state index contributed by atoms with van der Waals surface area (Å²) in [5.74, 6) is -1.08. The van der Waals surface area contributed by atoms with E-state index in [0.717, 1.165) is 5.56 Å². The third-order valence-electron chi connectivity index (χ3n) is 3.20. The first-order chi connectivity index (χ1) is 10.4. The Balaban J connectivity index is 1.80. The number of carbonyl (C=O) groups is 2. The van der Waals surface area contributed by atoms with E-state index in [2.05, 4.69) is 5.32 Å². The van der Waals surface area contributed by atoms with Crippen molar-refractivity contribution in [3.63, 3.8) is 0 Å². The fourth-order valence-corrected chi connectivity index (χ4v) is 4.33. The van der Waals surface area contributed by atoms with Crippen LogP contribution in [0, 0.1) is 0 Å². The van der Waals surface area contributed by atoms with Gasteiger partial charge in [0, 0.05) is 12.1 Å². The van der Waals surface area contributed by atoms with Crippen molar-refractivity contribution in [1.29, 1.82) is 0 Å². The summed E-state index contributed by atoms with van der Waals surface area (Å²) in [4.78, 5) is 23.5. The van der Waals surface area contributed by atoms with Gasteiger partial charge in [-0.3, -0.25) is 4.79 Å². The zero-order chi connectivity index (χ0) is 16.2. The van der Waals surface area contributed by atoms with E-state index < -0.39 is 33.9 Å². The molecule has 8 heteroatoms. The van der Waals surface area contributed by atoms with Crippen molar-refractivity contribution in [2.24, 2.45) is 0 Å². The average Bonchev–Trinajstić information content (AvgIpc) is 3.06. The summed E-state index contributed by atoms with van der Waals surface area (Å²) in [6, 6.07) is 1.45. The smallest absolute Gasteiger partial charge is 0.331 e. The van der Waals surface area contributed by atoms with Gasteiger partial charge in [-0.25, -0.2) is 13.2 Å². The van der Waals surface area contributed by atoms with Crippen LogP contribution in [0.2, 0.25) is 0 Å². The molecule has 0 bridgehead atoms. The number of thiophene rings is 1. The Morgan fingerprint density at radius 2 is 2.27 bits per heavy atom. The van der Waals surface area contributed by atoms with Crippen molar-refractivity contribution in [3.05, 3.63) is 28.5 Å². The third kappa shape index (κ3) is 4.96. The van der Waals surface area contributed by atoms with E-state index >= 15 is 0 Å². The van der Waals surface area contributed by atoms with E-state index in [9.17, 15) is 18.0 Å². The Labute approximate surface area is 133 Å². The van der Waals surface area contributed by atoms with Crippen molar-refractivity contribution < 1.29 is 22.7 Å². The average molecular weight is 343 g/mol. The van der Waals surface area contributed by atoms with Gasteiger partial charge in [0.25, 0.3) is 5.91 Å². The quantitative estimate of drug-likeness (QED) is 0.636. The van der Waals surface area contributed by atoms with Gasteiger partial charge < -0.3 is 10.1 Å². The van der Waals surface area contributed by atoms with Gasteiger partial charge in [-0.15, -0.1) is 0 Å². The molecule has 2 atom stereocenters. The van der Waals surface area contributed by atoms with Crippen molar-refractivity contribution >= 4 is 39.1 Å². The lowest BCUT2D eigenvalue weighted by Gasteiger charge is -2.15. The van der Waals surface area contributed by atoms with Gasteiger partial charge in [0.2, 0.25) is 0 Å². The van der Waals surface area contributed by atoms with Gasteiger partial charge >= 0.3 is 5.97 Å². The number of hydrogen-bond donors (Lipinski definition) is 1. The van der Waals surface area contributed by atoms with E-state index in [4.69, 9.17) is 4.74 Å². The van der Waals surface area contributed by atoms with Crippen molar-refractivity contribution in [2.45, 2.75) is 25.5 Å². The lowest BCUT2D eigenvalue weighted by molar-refractivity contribution is -0.150. The highest BCUT2D eigenvalue weighted by atomic mass is 32.2. The number of rotatable bonds is 5. The number of sulfone groups is 1. The largest absolute Gasteiger partial charge is 0.449 e. The predicted molar refractivity (Wildman–Crippen MR) is 84.1 cm³/mol. The number of amides is 1. The minimum Gasteiger partial charge on any atom is -0.449 e. The number of esters is 1. The summed E-state index contributed by atoms with van der Waals surface area (Å²) in [6.07, 6.45) is 2.29. The molecule has 22 heavy (non-hydrogen) atoms. The molecule has 1 amide bonds. The van der Waals surface area contributed by atoms with Crippen LogP contribution >= 0.6 is 11.3 Å². The number of carbonyl (C=O) groups excluding carboxylic acids is 2. The minimum absolute atomic E-state index is 0.0581. The maximum absolute atomic E-state index is 11.9. The van der Waals surface area contributed by atoms with Crippen LogP contribution in [0.15, 0.2) is 22.9 Å². The standard InChI is InChI=1S/C14H17NO5S2/c1-10(14(17)15-12-5-7-22(18,19)9-12)20-13(16)3-2-11-4-6-21-8-11/h2-4,6,8,10,12H,5,7,9H2,1H3,(H,15,17)/b3-2+/t10-,12+/m1/s1. The highest BCUT2D eigenvalue weighted by Crippen LogP contribution is 2.12. The van der Waals surface area contributed by atoms with E-state index in [1.165, 1.54) is 24.3 Å². The van der Waals surface area contributed by atoms with E-state index in [1.807, 2.05) is 16.8 Å². The Hall–Kier alpha value is -1.67. The van der Waals surface area contributed by atoms with Gasteiger partial charge in [0.15, 0.2) is 15.9 Å². The molecule has 2 rings (SSSR count). The summed E-state index contributed by atoms with van der Waals surface area (Å²) < 4.78 is 27.6. The zero-order valence-electron chi connectivity index (χ0n) is 12.0. The van der Waals surface area contributed by atoms with Crippen LogP contribution in [0.1, 0.15) is 18.9 Å². The summed E-state index contributed by atoms with van der Waals surface area (Å²) in [6.45, 7) is 1.45. The molecule has 1 saturated heterocycles. The molecule has 0 radical (unpaired) electrons. The van der Waals surface area contributed by atoms with Gasteiger partial charge in [-0.2, -0.15) is 11.3 Å². The molecule has 0 aromatic carbocycles. The molecular formula is C14H17NO5S2. The highest BCUT2D eigenvalue weighted by molar-refractivity contribution is 7.91. The minimum atomic E-state index is -3.06. The van der Waals surface area contributed by atoms with Crippen molar-refractivity contribution in [1.82, 2.24) is 5.32 Å². The maximum atomic E-state index is 11.9. The van der Waals surface area contributed by atoms with Gasteiger partial charge in [0.1, 0.15) is 0 Å². The molecule has 0 aliphatic carbocycles. The van der Waals surface area contributed by atoms with Gasteiger partial charge in [0.05, 0.1) is 11.5 Å². The van der Waals surface area contributed by atoms with Crippen LogP contribution in [0.5, 0.6) is 0 Å². The Bertz CT molecular complexity index is 663. The Morgan fingerprint density at radius 1 is 1.50 bits per heavy atom.